The highest BCUT2D eigenvalue weighted by molar-refractivity contribution is 9.10. The number of carbonyl (C=O) groups is 2. The highest BCUT2D eigenvalue weighted by atomic mass is 79.9. The van der Waals surface area contributed by atoms with E-state index in [0.29, 0.717) is 15.9 Å². The van der Waals surface area contributed by atoms with Crippen LogP contribution in [0.3, 0.4) is 0 Å². The molecular formula is C11H12BrNO4. The highest BCUT2D eigenvalue weighted by Crippen LogP contribution is 2.27. The number of hydrogen-bond acceptors (Lipinski definition) is 3. The zero-order valence-corrected chi connectivity index (χ0v) is 10.8. The van der Waals surface area contributed by atoms with Gasteiger partial charge in [0.05, 0.1) is 19.2 Å². The van der Waals surface area contributed by atoms with Crippen molar-refractivity contribution >= 4 is 33.5 Å². The van der Waals surface area contributed by atoms with E-state index in [-0.39, 0.29) is 18.7 Å². The summed E-state index contributed by atoms with van der Waals surface area (Å²) < 4.78 is 5.73. The molecule has 0 fully saturated rings. The Bertz CT molecular complexity index is 433. The van der Waals surface area contributed by atoms with Gasteiger partial charge < -0.3 is 15.2 Å². The van der Waals surface area contributed by atoms with E-state index < -0.39 is 5.97 Å². The Labute approximate surface area is 107 Å². The average molecular weight is 302 g/mol. The molecule has 0 aromatic heterocycles. The summed E-state index contributed by atoms with van der Waals surface area (Å²) in [5.74, 6) is -0.729. The molecule has 0 radical (unpaired) electrons. The summed E-state index contributed by atoms with van der Waals surface area (Å²) in [6, 6.07) is 5.14. The summed E-state index contributed by atoms with van der Waals surface area (Å²) >= 11 is 3.28. The lowest BCUT2D eigenvalue weighted by Crippen LogP contribution is -2.13. The molecule has 1 rings (SSSR count). The van der Waals surface area contributed by atoms with Gasteiger partial charge in [0.25, 0.3) is 0 Å². The van der Waals surface area contributed by atoms with Crippen molar-refractivity contribution in [1.82, 2.24) is 0 Å². The second-order valence-corrected chi connectivity index (χ2v) is 4.14. The number of ether oxygens (including phenoxy) is 1. The van der Waals surface area contributed by atoms with Crippen LogP contribution in [0.15, 0.2) is 22.7 Å². The van der Waals surface area contributed by atoms with E-state index >= 15 is 0 Å². The fourth-order valence-electron chi connectivity index (χ4n) is 1.16. The van der Waals surface area contributed by atoms with Gasteiger partial charge in [-0.3, -0.25) is 9.59 Å². The Morgan fingerprint density at radius 2 is 2.12 bits per heavy atom. The van der Waals surface area contributed by atoms with E-state index in [0.717, 1.165) is 0 Å². The number of carbonyl (C=O) groups excluding carboxylic acids is 1. The van der Waals surface area contributed by atoms with E-state index in [1.54, 1.807) is 18.2 Å². The zero-order chi connectivity index (χ0) is 12.8. The summed E-state index contributed by atoms with van der Waals surface area (Å²) in [5.41, 5.74) is 0.555. The molecule has 0 heterocycles. The minimum Gasteiger partial charge on any atom is -0.497 e. The molecule has 0 unspecified atom stereocenters. The van der Waals surface area contributed by atoms with Crippen LogP contribution in [0.5, 0.6) is 5.75 Å². The number of methoxy groups -OCH3 is 1. The van der Waals surface area contributed by atoms with Gasteiger partial charge in [0.1, 0.15) is 5.75 Å². The topological polar surface area (TPSA) is 75.6 Å². The molecule has 2 N–H and O–H groups in total. The molecule has 0 saturated heterocycles. The largest absolute Gasteiger partial charge is 0.497 e. The zero-order valence-electron chi connectivity index (χ0n) is 9.20. The summed E-state index contributed by atoms with van der Waals surface area (Å²) in [5, 5.41) is 11.1. The van der Waals surface area contributed by atoms with E-state index in [1.165, 1.54) is 7.11 Å². The molecule has 1 amide bonds. The lowest BCUT2D eigenvalue weighted by atomic mass is 10.2. The van der Waals surface area contributed by atoms with Crippen molar-refractivity contribution in [3.63, 3.8) is 0 Å². The number of anilines is 1. The highest BCUT2D eigenvalue weighted by Gasteiger charge is 2.08. The normalized spacial score (nSPS) is 9.76. The number of hydrogen-bond donors (Lipinski definition) is 2. The number of rotatable bonds is 5. The Morgan fingerprint density at radius 1 is 1.41 bits per heavy atom. The minimum absolute atomic E-state index is 0.0566. The van der Waals surface area contributed by atoms with Crippen molar-refractivity contribution in [2.75, 3.05) is 12.4 Å². The van der Waals surface area contributed by atoms with E-state index in [2.05, 4.69) is 21.2 Å². The lowest BCUT2D eigenvalue weighted by molar-refractivity contribution is -0.138. The number of carboxylic acids is 1. The van der Waals surface area contributed by atoms with E-state index in [1.807, 2.05) is 0 Å². The number of carboxylic acid groups (broad SMARTS) is 1. The van der Waals surface area contributed by atoms with E-state index in [4.69, 9.17) is 9.84 Å². The Balaban J connectivity index is 2.67. The van der Waals surface area contributed by atoms with Crippen molar-refractivity contribution in [2.24, 2.45) is 0 Å². The molecule has 0 bridgehead atoms. The first kappa shape index (κ1) is 13.5. The van der Waals surface area contributed by atoms with Crippen LogP contribution in [0.25, 0.3) is 0 Å². The van der Waals surface area contributed by atoms with E-state index in [9.17, 15) is 9.59 Å². The first-order valence-corrected chi connectivity index (χ1v) is 5.67. The molecule has 1 aromatic carbocycles. The van der Waals surface area contributed by atoms with Gasteiger partial charge in [-0.05, 0) is 28.1 Å². The van der Waals surface area contributed by atoms with Gasteiger partial charge in [0, 0.05) is 17.0 Å². The van der Waals surface area contributed by atoms with Gasteiger partial charge in [0.15, 0.2) is 0 Å². The number of benzene rings is 1. The second-order valence-electron chi connectivity index (χ2n) is 3.29. The van der Waals surface area contributed by atoms with Gasteiger partial charge >= 0.3 is 5.97 Å². The van der Waals surface area contributed by atoms with Crippen LogP contribution in [0.1, 0.15) is 12.8 Å². The van der Waals surface area contributed by atoms with Crippen molar-refractivity contribution in [3.8, 4) is 5.75 Å². The maximum absolute atomic E-state index is 11.4. The molecule has 0 aliphatic heterocycles. The Hall–Kier alpha value is -1.56. The van der Waals surface area contributed by atoms with Gasteiger partial charge in [-0.25, -0.2) is 0 Å². The predicted octanol–water partition coefficient (Wildman–Crippen LogP) is 2.26. The third kappa shape index (κ3) is 4.44. The second kappa shape index (κ2) is 6.24. The molecule has 0 spiro atoms. The maximum Gasteiger partial charge on any atom is 0.303 e. The van der Waals surface area contributed by atoms with Gasteiger partial charge in [-0.1, -0.05) is 0 Å². The van der Waals surface area contributed by atoms with Gasteiger partial charge in [-0.15, -0.1) is 0 Å². The molecule has 17 heavy (non-hydrogen) atoms. The molecule has 5 nitrogen and oxygen atoms in total. The Morgan fingerprint density at radius 3 is 2.71 bits per heavy atom. The fourth-order valence-corrected chi connectivity index (χ4v) is 1.51. The molecule has 0 atom stereocenters. The Kier molecular flexibility index (Phi) is 4.96. The molecule has 6 heteroatoms. The number of amides is 1. The van der Waals surface area contributed by atoms with Crippen LogP contribution >= 0.6 is 15.9 Å². The van der Waals surface area contributed by atoms with Crippen LogP contribution in [0, 0.1) is 0 Å². The third-order valence-corrected chi connectivity index (χ3v) is 2.71. The minimum atomic E-state index is -0.996. The number of halogens is 1. The predicted molar refractivity (Wildman–Crippen MR) is 66.2 cm³/mol. The quantitative estimate of drug-likeness (QED) is 0.875. The summed E-state index contributed by atoms with van der Waals surface area (Å²) in [4.78, 5) is 21.7. The standard InChI is InChI=1S/C11H12BrNO4/c1-17-7-2-3-8(12)9(6-7)13-10(14)4-5-11(15)16/h2-3,6H,4-5H2,1H3,(H,13,14)(H,15,16). The van der Waals surface area contributed by atoms with Crippen molar-refractivity contribution in [3.05, 3.63) is 22.7 Å². The smallest absolute Gasteiger partial charge is 0.303 e. The van der Waals surface area contributed by atoms with Crippen molar-refractivity contribution in [1.29, 1.82) is 0 Å². The summed E-state index contributed by atoms with van der Waals surface area (Å²) in [7, 11) is 1.53. The first-order chi connectivity index (χ1) is 8.02. The van der Waals surface area contributed by atoms with Gasteiger partial charge in [-0.2, -0.15) is 0 Å². The third-order valence-electron chi connectivity index (χ3n) is 2.01. The SMILES string of the molecule is COc1ccc(Br)c(NC(=O)CCC(=O)O)c1. The summed E-state index contributed by atoms with van der Waals surface area (Å²) in [6.45, 7) is 0. The number of nitrogens with one attached hydrogen (secondary N) is 1. The lowest BCUT2D eigenvalue weighted by Gasteiger charge is -2.08. The molecular weight excluding hydrogens is 290 g/mol. The first-order valence-electron chi connectivity index (χ1n) is 4.88. The van der Waals surface area contributed by atoms with Gasteiger partial charge in [0.2, 0.25) is 5.91 Å². The van der Waals surface area contributed by atoms with Crippen molar-refractivity contribution in [2.45, 2.75) is 12.8 Å². The fraction of sp³-hybridized carbons (Fsp3) is 0.273. The monoisotopic (exact) mass is 301 g/mol. The molecule has 0 aliphatic rings. The van der Waals surface area contributed by atoms with Crippen LogP contribution in [-0.2, 0) is 9.59 Å². The van der Waals surface area contributed by atoms with Crippen LogP contribution < -0.4 is 10.1 Å². The summed E-state index contributed by atoms with van der Waals surface area (Å²) in [6.07, 6.45) is -0.244. The molecule has 0 aliphatic carbocycles. The number of aliphatic carboxylic acids is 1. The van der Waals surface area contributed by atoms with Crippen LogP contribution in [0.2, 0.25) is 0 Å². The molecule has 0 saturated carbocycles. The average Bonchev–Trinajstić information content (AvgIpc) is 2.29. The molecule has 92 valence electrons. The van der Waals surface area contributed by atoms with Crippen LogP contribution in [0.4, 0.5) is 5.69 Å². The van der Waals surface area contributed by atoms with Crippen LogP contribution in [-0.4, -0.2) is 24.1 Å². The van der Waals surface area contributed by atoms with Crippen molar-refractivity contribution < 1.29 is 19.4 Å². The molecule has 1 aromatic rings. The maximum atomic E-state index is 11.4.